The Hall–Kier alpha value is -3.32. The van der Waals surface area contributed by atoms with Gasteiger partial charge in [-0.3, -0.25) is 4.79 Å². The van der Waals surface area contributed by atoms with Crippen LogP contribution in [-0.2, 0) is 24.5 Å². The fraction of sp³-hybridized carbons (Fsp3) is 0.208. The van der Waals surface area contributed by atoms with Gasteiger partial charge in [-0.2, -0.15) is 13.2 Å². The first-order chi connectivity index (χ1) is 14.9. The smallest absolute Gasteiger partial charge is 0.411 e. The first kappa shape index (κ1) is 22.4. The zero-order valence-electron chi connectivity index (χ0n) is 16.7. The zero-order valence-corrected chi connectivity index (χ0v) is 16.7. The second-order valence-electron chi connectivity index (χ2n) is 6.91. The third-order valence-corrected chi connectivity index (χ3v) is 4.38. The van der Waals surface area contributed by atoms with Crippen LogP contribution in [0.3, 0.4) is 0 Å². The van der Waals surface area contributed by atoms with E-state index in [0.29, 0.717) is 24.3 Å². The van der Waals surface area contributed by atoms with Gasteiger partial charge in [0.1, 0.15) is 19.0 Å². The number of nitrogens with one attached hydrogen (secondary N) is 1. The van der Waals surface area contributed by atoms with E-state index in [9.17, 15) is 18.0 Å². The number of rotatable bonds is 9. The van der Waals surface area contributed by atoms with E-state index in [1.807, 2.05) is 42.5 Å². The predicted octanol–water partition coefficient (Wildman–Crippen LogP) is 5.27. The summed E-state index contributed by atoms with van der Waals surface area (Å²) in [5.74, 6) is 0.565. The molecule has 0 heterocycles. The van der Waals surface area contributed by atoms with Crippen molar-refractivity contribution in [1.29, 1.82) is 0 Å². The summed E-state index contributed by atoms with van der Waals surface area (Å²) >= 11 is 0. The Morgan fingerprint density at radius 2 is 1.35 bits per heavy atom. The summed E-state index contributed by atoms with van der Waals surface area (Å²) in [7, 11) is 0. The molecule has 0 radical (unpaired) electrons. The van der Waals surface area contributed by atoms with Crippen molar-refractivity contribution in [3.63, 3.8) is 0 Å². The Labute approximate surface area is 178 Å². The molecule has 0 saturated carbocycles. The van der Waals surface area contributed by atoms with Crippen LogP contribution in [-0.4, -0.2) is 18.7 Å². The number of amides is 1. The molecule has 1 N–H and O–H groups in total. The van der Waals surface area contributed by atoms with Gasteiger partial charge in [-0.05, 0) is 41.0 Å². The Balaban J connectivity index is 1.43. The molecule has 0 aromatic heterocycles. The Morgan fingerprint density at radius 3 is 2.00 bits per heavy atom. The van der Waals surface area contributed by atoms with Crippen molar-refractivity contribution in [3.05, 3.63) is 101 Å². The number of hydrogen-bond acceptors (Lipinski definition) is 3. The van der Waals surface area contributed by atoms with Crippen molar-refractivity contribution in [2.24, 2.45) is 0 Å². The number of halogens is 3. The molecule has 31 heavy (non-hydrogen) atoms. The minimum Gasteiger partial charge on any atom is -0.489 e. The first-order valence-corrected chi connectivity index (χ1v) is 9.66. The molecule has 4 nitrogen and oxygen atoms in total. The van der Waals surface area contributed by atoms with E-state index in [0.717, 1.165) is 16.9 Å². The molecule has 0 fully saturated rings. The van der Waals surface area contributed by atoms with Crippen LogP contribution in [0.2, 0.25) is 0 Å². The maximum absolute atomic E-state index is 12.3. The van der Waals surface area contributed by atoms with Crippen LogP contribution in [0.1, 0.15) is 27.0 Å². The highest BCUT2D eigenvalue weighted by Crippen LogP contribution is 2.16. The van der Waals surface area contributed by atoms with Gasteiger partial charge in [0.25, 0.3) is 5.91 Å². The predicted molar refractivity (Wildman–Crippen MR) is 111 cm³/mol. The van der Waals surface area contributed by atoms with Gasteiger partial charge in [-0.1, -0.05) is 54.6 Å². The van der Waals surface area contributed by atoms with Crippen LogP contribution < -0.4 is 10.1 Å². The number of benzene rings is 3. The molecular formula is C24H22F3NO3. The summed E-state index contributed by atoms with van der Waals surface area (Å²) < 4.78 is 46.6. The summed E-state index contributed by atoms with van der Waals surface area (Å²) in [6, 6.07) is 23.5. The van der Waals surface area contributed by atoms with Gasteiger partial charge in [0, 0.05) is 12.1 Å². The molecule has 0 atom stereocenters. The molecule has 162 valence electrons. The SMILES string of the molecule is O=C(NCc1ccc(COCC(F)(F)F)cc1)c1ccc(COc2ccccc2)cc1. The van der Waals surface area contributed by atoms with E-state index in [2.05, 4.69) is 10.1 Å². The molecule has 0 unspecified atom stereocenters. The largest absolute Gasteiger partial charge is 0.489 e. The second-order valence-corrected chi connectivity index (χ2v) is 6.91. The summed E-state index contributed by atoms with van der Waals surface area (Å²) in [5, 5.41) is 2.82. The van der Waals surface area contributed by atoms with Gasteiger partial charge < -0.3 is 14.8 Å². The topological polar surface area (TPSA) is 47.6 Å². The van der Waals surface area contributed by atoms with Crippen LogP contribution in [0.25, 0.3) is 0 Å². The number of carbonyl (C=O) groups excluding carboxylic acids is 1. The van der Waals surface area contributed by atoms with Crippen LogP contribution in [0.4, 0.5) is 13.2 Å². The molecule has 0 bridgehead atoms. The minimum absolute atomic E-state index is 0.119. The van der Waals surface area contributed by atoms with Crippen LogP contribution in [0, 0.1) is 0 Å². The summed E-state index contributed by atoms with van der Waals surface area (Å²) in [5.41, 5.74) is 2.94. The molecule has 7 heteroatoms. The van der Waals surface area contributed by atoms with E-state index >= 15 is 0 Å². The molecule has 0 saturated heterocycles. The highest BCUT2D eigenvalue weighted by atomic mass is 19.4. The first-order valence-electron chi connectivity index (χ1n) is 9.66. The van der Waals surface area contributed by atoms with E-state index in [1.165, 1.54) is 0 Å². The van der Waals surface area contributed by atoms with Gasteiger partial charge in [-0.15, -0.1) is 0 Å². The molecule has 1 amide bonds. The lowest BCUT2D eigenvalue weighted by atomic mass is 10.1. The highest BCUT2D eigenvalue weighted by Gasteiger charge is 2.27. The Morgan fingerprint density at radius 1 is 0.774 bits per heavy atom. The Bertz CT molecular complexity index is 956. The maximum atomic E-state index is 12.3. The van der Waals surface area contributed by atoms with Crippen LogP contribution in [0.15, 0.2) is 78.9 Å². The standard InChI is InChI=1S/C24H22F3NO3/c25-24(26,27)17-30-15-19-8-6-18(7-9-19)14-28-23(29)21-12-10-20(11-13-21)16-31-22-4-2-1-3-5-22/h1-13H,14-17H2,(H,28,29). The van der Waals surface area contributed by atoms with E-state index in [-0.39, 0.29) is 12.5 Å². The number of para-hydroxylation sites is 1. The monoisotopic (exact) mass is 429 g/mol. The van der Waals surface area contributed by atoms with Gasteiger partial charge in [0.15, 0.2) is 0 Å². The fourth-order valence-electron chi connectivity index (χ4n) is 2.76. The molecular weight excluding hydrogens is 407 g/mol. The highest BCUT2D eigenvalue weighted by molar-refractivity contribution is 5.94. The fourth-order valence-corrected chi connectivity index (χ4v) is 2.76. The molecule has 0 aliphatic heterocycles. The number of hydrogen-bond donors (Lipinski definition) is 1. The second kappa shape index (κ2) is 10.6. The van der Waals surface area contributed by atoms with Crippen molar-refractivity contribution in [2.45, 2.75) is 25.9 Å². The van der Waals surface area contributed by atoms with E-state index < -0.39 is 12.8 Å². The third-order valence-electron chi connectivity index (χ3n) is 4.38. The van der Waals surface area contributed by atoms with Crippen LogP contribution in [0.5, 0.6) is 5.75 Å². The van der Waals surface area contributed by atoms with Crippen LogP contribution >= 0.6 is 0 Å². The van der Waals surface area contributed by atoms with E-state index in [1.54, 1.807) is 36.4 Å². The van der Waals surface area contributed by atoms with Crippen molar-refractivity contribution < 1.29 is 27.4 Å². The lowest BCUT2D eigenvalue weighted by Crippen LogP contribution is -2.22. The van der Waals surface area contributed by atoms with Gasteiger partial charge >= 0.3 is 6.18 Å². The lowest BCUT2D eigenvalue weighted by Gasteiger charge is -2.09. The number of carbonyl (C=O) groups is 1. The summed E-state index contributed by atoms with van der Waals surface area (Å²) in [4.78, 5) is 12.3. The molecule has 0 spiro atoms. The average molecular weight is 429 g/mol. The summed E-state index contributed by atoms with van der Waals surface area (Å²) in [6.45, 7) is -0.680. The molecule has 3 rings (SSSR count). The normalized spacial score (nSPS) is 11.2. The molecule has 3 aromatic rings. The average Bonchev–Trinajstić information content (AvgIpc) is 2.77. The number of ether oxygens (including phenoxy) is 2. The van der Waals surface area contributed by atoms with Gasteiger partial charge in [-0.25, -0.2) is 0 Å². The van der Waals surface area contributed by atoms with E-state index in [4.69, 9.17) is 4.74 Å². The maximum Gasteiger partial charge on any atom is 0.411 e. The van der Waals surface area contributed by atoms with Gasteiger partial charge in [0.2, 0.25) is 0 Å². The lowest BCUT2D eigenvalue weighted by molar-refractivity contribution is -0.176. The minimum atomic E-state index is -4.34. The quantitative estimate of drug-likeness (QED) is 0.504. The molecule has 0 aliphatic rings. The van der Waals surface area contributed by atoms with Crippen molar-refractivity contribution in [1.82, 2.24) is 5.32 Å². The van der Waals surface area contributed by atoms with Gasteiger partial charge in [0.05, 0.1) is 6.61 Å². The van der Waals surface area contributed by atoms with Crippen molar-refractivity contribution in [2.75, 3.05) is 6.61 Å². The number of alkyl halides is 3. The summed E-state index contributed by atoms with van der Waals surface area (Å²) in [6.07, 6.45) is -4.34. The third kappa shape index (κ3) is 7.79. The van der Waals surface area contributed by atoms with Crippen molar-refractivity contribution in [3.8, 4) is 5.75 Å². The van der Waals surface area contributed by atoms with Crippen molar-refractivity contribution >= 4 is 5.91 Å². The molecule has 0 aliphatic carbocycles. The zero-order chi connectivity index (χ0) is 22.1. The molecule has 3 aromatic carbocycles. The Kier molecular flexibility index (Phi) is 7.67.